The molecule has 42 heavy (non-hydrogen) atoms. The second-order valence-electron chi connectivity index (χ2n) is 10.9. The third-order valence-corrected chi connectivity index (χ3v) is 8.63. The molecule has 0 saturated carbocycles. The number of hydrogen-bond donors (Lipinski definition) is 0. The zero-order chi connectivity index (χ0) is 30.0. The predicted octanol–water partition coefficient (Wildman–Crippen LogP) is 3.30. The van der Waals surface area contributed by atoms with E-state index in [1.54, 1.807) is 11.8 Å². The Morgan fingerprint density at radius 2 is 1.74 bits per heavy atom. The highest BCUT2D eigenvalue weighted by Crippen LogP contribution is 2.28. The van der Waals surface area contributed by atoms with Crippen LogP contribution in [0.15, 0.2) is 58.3 Å². The van der Waals surface area contributed by atoms with Crippen molar-refractivity contribution in [1.82, 2.24) is 18.9 Å². The lowest BCUT2D eigenvalue weighted by molar-refractivity contribution is -0.136. The first-order chi connectivity index (χ1) is 20.2. The van der Waals surface area contributed by atoms with Gasteiger partial charge < -0.3 is 14.5 Å². The number of methoxy groups -OCH3 is 1. The van der Waals surface area contributed by atoms with Crippen molar-refractivity contribution in [2.45, 2.75) is 51.2 Å². The number of piperidine rings is 1. The third-order valence-electron chi connectivity index (χ3n) is 8.24. The molecule has 0 aliphatic carbocycles. The minimum absolute atomic E-state index is 0.00855. The van der Waals surface area contributed by atoms with Gasteiger partial charge in [0.2, 0.25) is 11.8 Å². The molecule has 3 heterocycles. The summed E-state index contributed by atoms with van der Waals surface area (Å²) >= 11 is 6.20. The number of aromatic nitrogens is 2. The molecule has 11 heteroatoms. The van der Waals surface area contributed by atoms with Crippen LogP contribution < -0.4 is 11.2 Å². The number of rotatable bonds is 7. The van der Waals surface area contributed by atoms with Crippen LogP contribution in [0.25, 0.3) is 11.1 Å². The maximum atomic E-state index is 14.3. The molecule has 9 nitrogen and oxygen atoms in total. The molecule has 0 unspecified atom stereocenters. The molecule has 2 aliphatic heterocycles. The topological polar surface area (TPSA) is 93.8 Å². The van der Waals surface area contributed by atoms with Crippen LogP contribution in [0.1, 0.15) is 36.9 Å². The molecule has 222 valence electrons. The van der Waals surface area contributed by atoms with Crippen molar-refractivity contribution in [3.05, 3.63) is 91.5 Å². The van der Waals surface area contributed by atoms with Crippen molar-refractivity contribution in [3.63, 3.8) is 0 Å². The molecule has 0 radical (unpaired) electrons. The fraction of sp³-hybridized carbons (Fsp3) is 0.419. The number of halogens is 2. The Labute approximate surface area is 248 Å². The van der Waals surface area contributed by atoms with Crippen LogP contribution in [0.5, 0.6) is 0 Å². The monoisotopic (exact) mass is 596 g/mol. The Morgan fingerprint density at radius 1 is 1.02 bits per heavy atom. The van der Waals surface area contributed by atoms with Gasteiger partial charge in [0.05, 0.1) is 29.7 Å². The van der Waals surface area contributed by atoms with E-state index in [9.17, 15) is 23.6 Å². The third kappa shape index (κ3) is 5.91. The molecule has 1 aromatic heterocycles. The Hall–Kier alpha value is -3.76. The fourth-order valence-corrected chi connectivity index (χ4v) is 6.23. The summed E-state index contributed by atoms with van der Waals surface area (Å²) in [6.45, 7) is 2.96. The Kier molecular flexibility index (Phi) is 8.93. The van der Waals surface area contributed by atoms with Gasteiger partial charge in [0.25, 0.3) is 5.56 Å². The van der Waals surface area contributed by atoms with E-state index < -0.39 is 23.1 Å². The molecule has 1 fully saturated rings. The molecule has 0 spiro atoms. The van der Waals surface area contributed by atoms with Gasteiger partial charge >= 0.3 is 5.69 Å². The van der Waals surface area contributed by atoms with Crippen LogP contribution in [0, 0.1) is 5.82 Å². The van der Waals surface area contributed by atoms with Crippen LogP contribution in [0.4, 0.5) is 4.39 Å². The van der Waals surface area contributed by atoms with Crippen molar-refractivity contribution in [2.24, 2.45) is 0 Å². The van der Waals surface area contributed by atoms with E-state index in [-0.39, 0.29) is 47.2 Å². The SMILES string of the molecule is COC[C@@H](C)n1c(=O)c(-c2cccc(F)c2Cl)cn(CC(=O)N2CCC(N3CCc4ccccc4CC3=O)CC2)c1=O. The van der Waals surface area contributed by atoms with Gasteiger partial charge in [-0.15, -0.1) is 0 Å². The Morgan fingerprint density at radius 3 is 2.45 bits per heavy atom. The predicted molar refractivity (Wildman–Crippen MR) is 157 cm³/mol. The Balaban J connectivity index is 1.34. The van der Waals surface area contributed by atoms with Gasteiger partial charge in [-0.05, 0) is 43.4 Å². The number of likely N-dealkylation sites (tertiary alicyclic amines) is 1. The van der Waals surface area contributed by atoms with Crippen molar-refractivity contribution >= 4 is 23.4 Å². The van der Waals surface area contributed by atoms with Gasteiger partial charge in [0, 0.05) is 44.5 Å². The average Bonchev–Trinajstić information content (AvgIpc) is 3.14. The summed E-state index contributed by atoms with van der Waals surface area (Å²) < 4.78 is 21.6. The lowest BCUT2D eigenvalue weighted by Crippen LogP contribution is -2.50. The van der Waals surface area contributed by atoms with Crippen molar-refractivity contribution in [1.29, 1.82) is 0 Å². The fourth-order valence-electron chi connectivity index (χ4n) is 6.00. The zero-order valence-electron chi connectivity index (χ0n) is 23.7. The van der Waals surface area contributed by atoms with Gasteiger partial charge in [-0.1, -0.05) is 48.0 Å². The smallest absolute Gasteiger partial charge is 0.331 e. The van der Waals surface area contributed by atoms with E-state index in [0.717, 1.165) is 16.6 Å². The minimum Gasteiger partial charge on any atom is -0.383 e. The zero-order valence-corrected chi connectivity index (χ0v) is 24.5. The summed E-state index contributed by atoms with van der Waals surface area (Å²) in [5, 5.41) is -0.245. The van der Waals surface area contributed by atoms with E-state index in [1.807, 2.05) is 23.1 Å². The van der Waals surface area contributed by atoms with Gasteiger partial charge in [-0.2, -0.15) is 0 Å². The van der Waals surface area contributed by atoms with Crippen LogP contribution >= 0.6 is 11.6 Å². The molecule has 2 amide bonds. The number of nitrogens with zero attached hydrogens (tertiary/aromatic N) is 4. The summed E-state index contributed by atoms with van der Waals surface area (Å²) in [5.74, 6) is -0.883. The lowest BCUT2D eigenvalue weighted by atomic mass is 10.0. The summed E-state index contributed by atoms with van der Waals surface area (Å²) in [6, 6.07) is 11.5. The van der Waals surface area contributed by atoms with Crippen molar-refractivity contribution in [3.8, 4) is 11.1 Å². The van der Waals surface area contributed by atoms with Gasteiger partial charge in [-0.3, -0.25) is 23.5 Å². The highest BCUT2D eigenvalue weighted by Gasteiger charge is 2.31. The standard InChI is InChI=1S/C31H34ClFN4O5/c1-20(19-42-2)37-30(40)25(24-8-5-9-26(33)29(24)32)17-35(31(37)41)18-28(39)34-13-11-23(12-14-34)36-15-10-21-6-3-4-7-22(21)16-27(36)38/h3-9,17,20,23H,10-16,18-19H2,1-2H3/t20-/m1/s1. The van der Waals surface area contributed by atoms with Crippen molar-refractivity contribution < 1.29 is 18.7 Å². The highest BCUT2D eigenvalue weighted by atomic mass is 35.5. The molecule has 0 N–H and O–H groups in total. The average molecular weight is 597 g/mol. The highest BCUT2D eigenvalue weighted by molar-refractivity contribution is 6.33. The van der Waals surface area contributed by atoms with E-state index in [2.05, 4.69) is 6.07 Å². The molecule has 3 aromatic rings. The van der Waals surface area contributed by atoms with Crippen LogP contribution in [-0.2, 0) is 33.7 Å². The number of hydrogen-bond acceptors (Lipinski definition) is 5. The Bertz CT molecular complexity index is 1610. The summed E-state index contributed by atoms with van der Waals surface area (Å²) in [6.07, 6.45) is 3.74. The first-order valence-corrected chi connectivity index (χ1v) is 14.5. The number of fused-ring (bicyclic) bond motifs is 1. The maximum Gasteiger partial charge on any atom is 0.331 e. The molecule has 5 rings (SSSR count). The molecule has 2 aliphatic rings. The summed E-state index contributed by atoms with van der Waals surface area (Å²) in [4.78, 5) is 57.0. The molecular weight excluding hydrogens is 563 g/mol. The second kappa shape index (κ2) is 12.6. The minimum atomic E-state index is -0.700. The van der Waals surface area contributed by atoms with Gasteiger partial charge in [-0.25, -0.2) is 9.18 Å². The summed E-state index contributed by atoms with van der Waals surface area (Å²) in [5.41, 5.74) is 1.10. The number of amides is 2. The number of ether oxygens (including phenoxy) is 1. The summed E-state index contributed by atoms with van der Waals surface area (Å²) in [7, 11) is 1.46. The molecular formula is C31H34ClFN4O5. The van der Waals surface area contributed by atoms with Gasteiger partial charge in [0.15, 0.2) is 0 Å². The maximum absolute atomic E-state index is 14.3. The van der Waals surface area contributed by atoms with Crippen LogP contribution in [-0.4, -0.2) is 70.1 Å². The molecule has 0 bridgehead atoms. The lowest BCUT2D eigenvalue weighted by Gasteiger charge is -2.38. The van der Waals surface area contributed by atoms with Crippen molar-refractivity contribution in [2.75, 3.05) is 33.4 Å². The van der Waals surface area contributed by atoms with E-state index in [1.165, 1.54) is 41.6 Å². The molecule has 1 saturated heterocycles. The number of carbonyl (C=O) groups is 2. The quantitative estimate of drug-likeness (QED) is 0.417. The largest absolute Gasteiger partial charge is 0.383 e. The molecule has 1 atom stereocenters. The number of carbonyl (C=O) groups excluding carboxylic acids is 2. The first kappa shape index (κ1) is 29.7. The van der Waals surface area contributed by atoms with E-state index in [4.69, 9.17) is 16.3 Å². The first-order valence-electron chi connectivity index (χ1n) is 14.1. The molecule has 2 aromatic carbocycles. The van der Waals surface area contributed by atoms with Crippen LogP contribution in [0.2, 0.25) is 5.02 Å². The number of benzene rings is 2. The normalized spacial score (nSPS) is 16.7. The second-order valence-corrected chi connectivity index (χ2v) is 11.3. The van der Waals surface area contributed by atoms with Gasteiger partial charge in [0.1, 0.15) is 12.4 Å². The van der Waals surface area contributed by atoms with E-state index in [0.29, 0.717) is 38.9 Å². The van der Waals surface area contributed by atoms with Crippen LogP contribution in [0.3, 0.4) is 0 Å². The van der Waals surface area contributed by atoms with E-state index >= 15 is 0 Å².